The molecule has 1 aliphatic heterocycles. The number of hydrogen-bond acceptors (Lipinski definition) is 4. The van der Waals surface area contributed by atoms with Crippen molar-refractivity contribution in [2.45, 2.75) is 30.7 Å². The van der Waals surface area contributed by atoms with Crippen LogP contribution in [0.25, 0.3) is 0 Å². The lowest BCUT2D eigenvalue weighted by molar-refractivity contribution is 0.373. The molecule has 150 valence electrons. The molecular formula is C23H23NO4S. The molecule has 3 aromatic rings. The molecule has 1 heterocycles. The lowest BCUT2D eigenvalue weighted by Crippen LogP contribution is -2.33. The van der Waals surface area contributed by atoms with Crippen LogP contribution in [0.15, 0.2) is 71.6 Å². The van der Waals surface area contributed by atoms with Crippen LogP contribution in [0.4, 0.5) is 5.69 Å². The number of benzene rings is 3. The molecule has 0 amide bonds. The van der Waals surface area contributed by atoms with E-state index in [1.54, 1.807) is 42.5 Å². The van der Waals surface area contributed by atoms with Crippen LogP contribution in [0.2, 0.25) is 0 Å². The number of rotatable bonds is 4. The number of methoxy groups -OCH3 is 1. The predicted molar refractivity (Wildman–Crippen MR) is 113 cm³/mol. The maximum absolute atomic E-state index is 13.7. The SMILES string of the molecule is COc1cc2c(cc1O)[C@H](C)[C@@H](c1ccc(C)cc1)N2S(=O)(=O)c1ccccc1. The summed E-state index contributed by atoms with van der Waals surface area (Å²) in [4.78, 5) is 0.226. The highest BCUT2D eigenvalue weighted by molar-refractivity contribution is 7.92. The molecule has 0 fully saturated rings. The topological polar surface area (TPSA) is 66.8 Å². The van der Waals surface area contributed by atoms with Gasteiger partial charge in [-0.25, -0.2) is 8.42 Å². The maximum atomic E-state index is 13.7. The second-order valence-corrected chi connectivity index (χ2v) is 9.16. The Hall–Kier alpha value is -2.99. The minimum absolute atomic E-state index is 0.000264. The van der Waals surface area contributed by atoms with E-state index in [9.17, 15) is 13.5 Å². The van der Waals surface area contributed by atoms with E-state index in [0.29, 0.717) is 5.69 Å². The predicted octanol–water partition coefficient (Wildman–Crippen LogP) is 4.76. The molecule has 6 heteroatoms. The van der Waals surface area contributed by atoms with E-state index in [0.717, 1.165) is 16.7 Å². The van der Waals surface area contributed by atoms with Crippen LogP contribution in [0.1, 0.15) is 35.6 Å². The Morgan fingerprint density at radius 3 is 2.28 bits per heavy atom. The number of sulfonamides is 1. The molecule has 29 heavy (non-hydrogen) atoms. The summed E-state index contributed by atoms with van der Waals surface area (Å²) in [6, 6.07) is 19.1. The molecule has 0 bridgehead atoms. The first-order valence-corrected chi connectivity index (χ1v) is 10.9. The molecule has 0 saturated carbocycles. The normalized spacial score (nSPS) is 18.5. The average Bonchev–Trinajstić information content (AvgIpc) is 3.01. The van der Waals surface area contributed by atoms with Crippen LogP contribution >= 0.6 is 0 Å². The van der Waals surface area contributed by atoms with E-state index in [1.165, 1.54) is 11.4 Å². The summed E-state index contributed by atoms with van der Waals surface area (Å²) in [7, 11) is -2.38. The lowest BCUT2D eigenvalue weighted by atomic mass is 9.92. The van der Waals surface area contributed by atoms with E-state index in [1.807, 2.05) is 38.1 Å². The largest absolute Gasteiger partial charge is 0.504 e. The zero-order chi connectivity index (χ0) is 20.8. The second-order valence-electron chi connectivity index (χ2n) is 7.34. The molecule has 0 spiro atoms. The molecule has 5 nitrogen and oxygen atoms in total. The number of phenolic OH excluding ortho intramolecular Hbond substituents is 1. The lowest BCUT2D eigenvalue weighted by Gasteiger charge is -2.29. The minimum Gasteiger partial charge on any atom is -0.504 e. The molecule has 1 aliphatic rings. The van der Waals surface area contributed by atoms with Crippen molar-refractivity contribution in [2.75, 3.05) is 11.4 Å². The van der Waals surface area contributed by atoms with Gasteiger partial charge in [0.15, 0.2) is 11.5 Å². The van der Waals surface area contributed by atoms with Crippen LogP contribution in [0.5, 0.6) is 11.5 Å². The minimum atomic E-state index is -3.83. The van der Waals surface area contributed by atoms with Crippen LogP contribution < -0.4 is 9.04 Å². The zero-order valence-electron chi connectivity index (χ0n) is 16.5. The second kappa shape index (κ2) is 7.12. The number of ether oxygens (including phenoxy) is 1. The van der Waals surface area contributed by atoms with E-state index in [2.05, 4.69) is 0 Å². The highest BCUT2D eigenvalue weighted by Gasteiger charge is 2.44. The van der Waals surface area contributed by atoms with Crippen molar-refractivity contribution in [1.82, 2.24) is 0 Å². The highest BCUT2D eigenvalue weighted by atomic mass is 32.2. The van der Waals surface area contributed by atoms with Gasteiger partial charge in [-0.15, -0.1) is 0 Å². The first kappa shape index (κ1) is 19.3. The zero-order valence-corrected chi connectivity index (χ0v) is 17.3. The van der Waals surface area contributed by atoms with Gasteiger partial charge >= 0.3 is 0 Å². The third-order valence-corrected chi connectivity index (χ3v) is 7.31. The summed E-state index contributed by atoms with van der Waals surface area (Å²) in [6.07, 6.45) is 0. The van der Waals surface area contributed by atoms with Crippen molar-refractivity contribution in [3.8, 4) is 11.5 Å². The van der Waals surface area contributed by atoms with Gasteiger partial charge in [-0.1, -0.05) is 55.0 Å². The summed E-state index contributed by atoms with van der Waals surface area (Å²) in [5.41, 5.74) is 3.31. The Balaban J connectivity index is 1.96. The van der Waals surface area contributed by atoms with E-state index in [-0.39, 0.29) is 22.3 Å². The molecule has 0 unspecified atom stereocenters. The smallest absolute Gasteiger partial charge is 0.264 e. The monoisotopic (exact) mass is 409 g/mol. The van der Waals surface area contributed by atoms with Gasteiger partial charge in [0.1, 0.15) is 0 Å². The molecule has 1 N–H and O–H groups in total. The Morgan fingerprint density at radius 2 is 1.66 bits per heavy atom. The van der Waals surface area contributed by atoms with Gasteiger partial charge in [0.2, 0.25) is 0 Å². The molecule has 4 rings (SSSR count). The first-order valence-electron chi connectivity index (χ1n) is 9.41. The molecular weight excluding hydrogens is 386 g/mol. The number of aromatic hydroxyl groups is 1. The number of anilines is 1. The fourth-order valence-corrected chi connectivity index (χ4v) is 5.74. The quantitative estimate of drug-likeness (QED) is 0.674. The summed E-state index contributed by atoms with van der Waals surface area (Å²) in [5.74, 6) is 0.0940. The van der Waals surface area contributed by atoms with Crippen molar-refractivity contribution in [2.24, 2.45) is 0 Å². The van der Waals surface area contributed by atoms with Gasteiger partial charge in [-0.2, -0.15) is 0 Å². The van der Waals surface area contributed by atoms with Crippen LogP contribution in [0, 0.1) is 6.92 Å². The van der Waals surface area contributed by atoms with Crippen molar-refractivity contribution >= 4 is 15.7 Å². The van der Waals surface area contributed by atoms with Gasteiger partial charge in [-0.05, 0) is 36.2 Å². The number of fused-ring (bicyclic) bond motifs is 1. The molecule has 2 atom stereocenters. The van der Waals surface area contributed by atoms with Gasteiger partial charge < -0.3 is 9.84 Å². The van der Waals surface area contributed by atoms with Crippen LogP contribution in [-0.2, 0) is 10.0 Å². The average molecular weight is 410 g/mol. The molecule has 0 saturated heterocycles. The number of phenols is 1. The van der Waals surface area contributed by atoms with Crippen molar-refractivity contribution in [1.29, 1.82) is 0 Å². The molecule has 0 radical (unpaired) electrons. The number of nitrogens with zero attached hydrogens (tertiary/aromatic N) is 1. The Bertz CT molecular complexity index is 1140. The summed E-state index contributed by atoms with van der Waals surface area (Å²) in [5, 5.41) is 10.3. The Labute approximate surface area is 171 Å². The van der Waals surface area contributed by atoms with E-state index >= 15 is 0 Å². The van der Waals surface area contributed by atoms with Crippen molar-refractivity contribution in [3.05, 3.63) is 83.4 Å². The summed E-state index contributed by atoms with van der Waals surface area (Å²) in [6.45, 7) is 3.98. The van der Waals surface area contributed by atoms with Gasteiger partial charge in [-0.3, -0.25) is 4.31 Å². The van der Waals surface area contributed by atoms with Gasteiger partial charge in [0.05, 0.1) is 23.7 Å². The van der Waals surface area contributed by atoms with Gasteiger partial charge in [0.25, 0.3) is 10.0 Å². The fraction of sp³-hybridized carbons (Fsp3) is 0.217. The van der Waals surface area contributed by atoms with E-state index < -0.39 is 16.1 Å². The maximum Gasteiger partial charge on any atom is 0.264 e. The summed E-state index contributed by atoms with van der Waals surface area (Å²) >= 11 is 0. The molecule has 0 aliphatic carbocycles. The van der Waals surface area contributed by atoms with Crippen LogP contribution in [0.3, 0.4) is 0 Å². The highest BCUT2D eigenvalue weighted by Crippen LogP contribution is 2.53. The van der Waals surface area contributed by atoms with Crippen LogP contribution in [-0.4, -0.2) is 20.6 Å². The van der Waals surface area contributed by atoms with E-state index in [4.69, 9.17) is 4.74 Å². The number of aryl methyl sites for hydroxylation is 1. The fourth-order valence-electron chi connectivity index (χ4n) is 3.99. The van der Waals surface area contributed by atoms with Gasteiger partial charge in [0, 0.05) is 12.0 Å². The first-order chi connectivity index (χ1) is 13.8. The third-order valence-electron chi connectivity index (χ3n) is 5.50. The summed E-state index contributed by atoms with van der Waals surface area (Å²) < 4.78 is 34.1. The third kappa shape index (κ3) is 3.13. The van der Waals surface area contributed by atoms with Crippen molar-refractivity contribution in [3.63, 3.8) is 0 Å². The molecule has 0 aromatic heterocycles. The Kier molecular flexibility index (Phi) is 4.74. The molecule has 3 aromatic carbocycles. The Morgan fingerprint density at radius 1 is 1.00 bits per heavy atom. The standard InChI is InChI=1S/C23H23NO4S/c1-15-9-11-17(12-10-15)23-16(2)19-13-21(25)22(28-3)14-20(19)24(23)29(26,27)18-7-5-4-6-8-18/h4-14,16,23,25H,1-3H3/t16-,23-/m0/s1. The van der Waals surface area contributed by atoms with Crippen molar-refractivity contribution < 1.29 is 18.3 Å². The number of hydrogen-bond donors (Lipinski definition) is 1.